The van der Waals surface area contributed by atoms with Crippen molar-refractivity contribution in [1.82, 2.24) is 25.0 Å². The first-order valence-corrected chi connectivity index (χ1v) is 11.5. The maximum absolute atomic E-state index is 14.3. The number of amides is 2. The largest absolute Gasteiger partial charge is 0.451 e. The number of carbonyl (C=O) groups excluding carboxylic acids is 2. The zero-order valence-corrected chi connectivity index (χ0v) is 20.6. The second-order valence-electron chi connectivity index (χ2n) is 9.65. The minimum Gasteiger partial charge on any atom is -0.444 e. The number of halogens is 6. The van der Waals surface area contributed by atoms with Gasteiger partial charge in [-0.25, -0.2) is 18.0 Å². The first-order chi connectivity index (χ1) is 17.1. The summed E-state index contributed by atoms with van der Waals surface area (Å²) in [4.78, 5) is 27.0. The maximum Gasteiger partial charge on any atom is 0.451 e. The zero-order chi connectivity index (χ0) is 27.7. The Kier molecular flexibility index (Phi) is 8.08. The van der Waals surface area contributed by atoms with Crippen LogP contribution in [0.3, 0.4) is 0 Å². The van der Waals surface area contributed by atoms with Crippen molar-refractivity contribution in [2.24, 2.45) is 0 Å². The lowest BCUT2D eigenvalue weighted by Crippen LogP contribution is -2.47. The van der Waals surface area contributed by atoms with E-state index >= 15 is 0 Å². The lowest BCUT2D eigenvalue weighted by molar-refractivity contribution is -0.148. The van der Waals surface area contributed by atoms with Gasteiger partial charge in [0.05, 0.1) is 6.04 Å². The summed E-state index contributed by atoms with van der Waals surface area (Å²) in [6.45, 7) is 6.17. The normalized spacial score (nSPS) is 16.8. The number of fused-ring (bicyclic) bond motifs is 1. The monoisotopic (exact) mass is 535 g/mol. The van der Waals surface area contributed by atoms with Crippen LogP contribution in [0.2, 0.25) is 0 Å². The summed E-state index contributed by atoms with van der Waals surface area (Å²) in [5, 5.41) is 9.36. The number of rotatable bonds is 6. The van der Waals surface area contributed by atoms with E-state index in [0.29, 0.717) is 12.1 Å². The Morgan fingerprint density at radius 1 is 1.08 bits per heavy atom. The van der Waals surface area contributed by atoms with Crippen molar-refractivity contribution in [2.45, 2.75) is 77.4 Å². The number of nitrogens with zero attached hydrogens (tertiary/aromatic N) is 4. The molecule has 0 radical (unpaired) electrons. The van der Waals surface area contributed by atoms with Gasteiger partial charge in [0.1, 0.15) is 11.4 Å². The zero-order valence-electron chi connectivity index (χ0n) is 20.6. The molecule has 0 saturated carbocycles. The van der Waals surface area contributed by atoms with Crippen LogP contribution < -0.4 is 5.32 Å². The van der Waals surface area contributed by atoms with Gasteiger partial charge in [0.25, 0.3) is 0 Å². The first kappa shape index (κ1) is 28.3. The van der Waals surface area contributed by atoms with E-state index in [1.807, 2.05) is 0 Å². The number of hydrogen-bond acceptors (Lipinski definition) is 5. The maximum atomic E-state index is 14.3. The molecule has 2 heterocycles. The van der Waals surface area contributed by atoms with Crippen LogP contribution in [0.25, 0.3) is 0 Å². The minimum atomic E-state index is -4.72. The quantitative estimate of drug-likeness (QED) is 0.434. The van der Waals surface area contributed by atoms with Gasteiger partial charge in [-0.2, -0.15) is 13.2 Å². The van der Waals surface area contributed by atoms with Crippen molar-refractivity contribution in [2.75, 3.05) is 6.54 Å². The predicted molar refractivity (Wildman–Crippen MR) is 118 cm³/mol. The standard InChI is InChI=1S/C23H27F6N5O3/c1-5-17-19-31-32-20(23(27,28)29)34(19)7-6-33(17)18(35)10-13(30-21(36)37-22(2,3)4)8-12-9-15(25)16(26)11-14(12)24/h9,11,13,17H,5-8,10H2,1-4H3,(H,30,36)/t13-,17+/m1/s1. The SMILES string of the molecule is CC[C@H]1c2nnc(C(F)(F)F)n2CCN1C(=O)C[C@@H](Cc1cc(F)c(F)cc1F)NC(=O)OC(C)(C)C. The average molecular weight is 535 g/mol. The van der Waals surface area contributed by atoms with Crippen LogP contribution in [0.15, 0.2) is 12.1 Å². The van der Waals surface area contributed by atoms with Gasteiger partial charge in [-0.3, -0.25) is 4.79 Å². The number of alkyl halides is 3. The summed E-state index contributed by atoms with van der Waals surface area (Å²) in [7, 11) is 0. The molecule has 2 amide bonds. The lowest BCUT2D eigenvalue weighted by Gasteiger charge is -2.36. The highest BCUT2D eigenvalue weighted by molar-refractivity contribution is 5.78. The van der Waals surface area contributed by atoms with E-state index in [-0.39, 0.29) is 37.3 Å². The topological polar surface area (TPSA) is 89.4 Å². The fourth-order valence-corrected chi connectivity index (χ4v) is 4.16. The number of aromatic nitrogens is 3. The number of ether oxygens (including phenoxy) is 1. The predicted octanol–water partition coefficient (Wildman–Crippen LogP) is 4.53. The Morgan fingerprint density at radius 3 is 2.32 bits per heavy atom. The molecule has 204 valence electrons. The van der Waals surface area contributed by atoms with E-state index < -0.39 is 65.6 Å². The molecule has 14 heteroatoms. The van der Waals surface area contributed by atoms with Gasteiger partial charge < -0.3 is 19.5 Å². The van der Waals surface area contributed by atoms with E-state index in [9.17, 15) is 35.9 Å². The van der Waals surface area contributed by atoms with Crippen molar-refractivity contribution >= 4 is 12.0 Å². The van der Waals surface area contributed by atoms with E-state index in [2.05, 4.69) is 15.5 Å². The molecular formula is C23H27F6N5O3. The minimum absolute atomic E-state index is 0.0299. The van der Waals surface area contributed by atoms with Crippen molar-refractivity contribution in [3.05, 3.63) is 46.8 Å². The van der Waals surface area contributed by atoms with Gasteiger partial charge in [-0.15, -0.1) is 10.2 Å². The molecule has 0 bridgehead atoms. The van der Waals surface area contributed by atoms with Crippen LogP contribution in [0, 0.1) is 17.5 Å². The van der Waals surface area contributed by atoms with E-state index in [4.69, 9.17) is 4.74 Å². The molecule has 0 saturated heterocycles. The molecule has 2 aromatic rings. The molecule has 0 fully saturated rings. The van der Waals surface area contributed by atoms with Gasteiger partial charge in [-0.05, 0) is 45.2 Å². The Labute approximate surface area is 209 Å². The van der Waals surface area contributed by atoms with Gasteiger partial charge in [0.2, 0.25) is 11.7 Å². The number of hydrogen-bond donors (Lipinski definition) is 1. The third kappa shape index (κ3) is 6.72. The fourth-order valence-electron chi connectivity index (χ4n) is 4.16. The molecule has 37 heavy (non-hydrogen) atoms. The Hall–Kier alpha value is -3.32. The molecular weight excluding hydrogens is 508 g/mol. The molecule has 1 aromatic heterocycles. The first-order valence-electron chi connectivity index (χ1n) is 11.5. The number of benzene rings is 1. The van der Waals surface area contributed by atoms with E-state index in [1.54, 1.807) is 27.7 Å². The third-order valence-electron chi connectivity index (χ3n) is 5.68. The lowest BCUT2D eigenvalue weighted by atomic mass is 10.0. The second-order valence-corrected chi connectivity index (χ2v) is 9.65. The van der Waals surface area contributed by atoms with E-state index in [0.717, 1.165) is 4.57 Å². The molecule has 0 unspecified atom stereocenters. The van der Waals surface area contributed by atoms with Crippen LogP contribution in [0.4, 0.5) is 31.1 Å². The van der Waals surface area contributed by atoms with Crippen LogP contribution in [0.1, 0.15) is 63.8 Å². The average Bonchev–Trinajstić information content (AvgIpc) is 3.20. The highest BCUT2D eigenvalue weighted by atomic mass is 19.4. The molecule has 8 nitrogen and oxygen atoms in total. The number of carbonyl (C=O) groups is 2. The molecule has 3 rings (SSSR count). The molecule has 1 aliphatic heterocycles. The van der Waals surface area contributed by atoms with Crippen molar-refractivity contribution in [3.8, 4) is 0 Å². The van der Waals surface area contributed by atoms with Gasteiger partial charge in [-0.1, -0.05) is 6.92 Å². The Bertz CT molecular complexity index is 1160. The van der Waals surface area contributed by atoms with E-state index in [1.165, 1.54) is 4.90 Å². The van der Waals surface area contributed by atoms with Crippen molar-refractivity contribution < 1.29 is 40.7 Å². The number of nitrogens with one attached hydrogen (secondary N) is 1. The summed E-state index contributed by atoms with van der Waals surface area (Å²) in [6, 6.07) is -0.938. The number of alkyl carbamates (subject to hydrolysis) is 1. The summed E-state index contributed by atoms with van der Waals surface area (Å²) < 4.78 is 87.3. The van der Waals surface area contributed by atoms with Crippen LogP contribution >= 0.6 is 0 Å². The highest BCUT2D eigenvalue weighted by Gasteiger charge is 2.42. The molecule has 0 spiro atoms. The summed E-state index contributed by atoms with van der Waals surface area (Å²) >= 11 is 0. The molecule has 0 aliphatic carbocycles. The van der Waals surface area contributed by atoms with Gasteiger partial charge >= 0.3 is 12.3 Å². The molecule has 1 N–H and O–H groups in total. The molecule has 1 aliphatic rings. The van der Waals surface area contributed by atoms with Crippen molar-refractivity contribution in [1.29, 1.82) is 0 Å². The molecule has 1 aromatic carbocycles. The summed E-state index contributed by atoms with van der Waals surface area (Å²) in [6.07, 6.45) is -6.22. The van der Waals surface area contributed by atoms with Crippen LogP contribution in [-0.2, 0) is 28.7 Å². The third-order valence-corrected chi connectivity index (χ3v) is 5.68. The smallest absolute Gasteiger partial charge is 0.444 e. The van der Waals surface area contributed by atoms with Gasteiger partial charge in [0.15, 0.2) is 17.5 Å². The van der Waals surface area contributed by atoms with Crippen LogP contribution in [0.5, 0.6) is 0 Å². The fraction of sp³-hybridized carbons (Fsp3) is 0.565. The molecule has 2 atom stereocenters. The van der Waals surface area contributed by atoms with Crippen molar-refractivity contribution in [3.63, 3.8) is 0 Å². The Morgan fingerprint density at radius 2 is 1.73 bits per heavy atom. The van der Waals surface area contributed by atoms with Crippen LogP contribution in [-0.4, -0.2) is 49.9 Å². The summed E-state index contributed by atoms with van der Waals surface area (Å²) in [5.74, 6) is -5.53. The highest BCUT2D eigenvalue weighted by Crippen LogP contribution is 2.34. The Balaban J connectivity index is 1.85. The van der Waals surface area contributed by atoms with Gasteiger partial charge in [0, 0.05) is 31.6 Å². The summed E-state index contributed by atoms with van der Waals surface area (Å²) in [5.41, 5.74) is -1.18. The second kappa shape index (κ2) is 10.6.